The summed E-state index contributed by atoms with van der Waals surface area (Å²) in [5.41, 5.74) is 5.75. The Labute approximate surface area is 116 Å². The lowest BCUT2D eigenvalue weighted by Gasteiger charge is -2.11. The largest absolute Gasteiger partial charge is 0.491 e. The lowest BCUT2D eigenvalue weighted by atomic mass is 10.1. The molecule has 0 aliphatic rings. The van der Waals surface area contributed by atoms with Gasteiger partial charge in [0.15, 0.2) is 0 Å². The van der Waals surface area contributed by atoms with Crippen molar-refractivity contribution in [3.05, 3.63) is 40.9 Å². The normalized spacial score (nSPS) is 10.5. The molecular weight excluding hydrogens is 266 g/mol. The topological polar surface area (TPSA) is 61.5 Å². The van der Waals surface area contributed by atoms with Gasteiger partial charge in [-0.05, 0) is 23.6 Å². The van der Waals surface area contributed by atoms with Crippen molar-refractivity contribution in [1.29, 1.82) is 0 Å². The molecule has 5 heteroatoms. The molecule has 0 bridgehead atoms. The molecule has 0 aromatic heterocycles. The Bertz CT molecular complexity index is 613. The first kappa shape index (κ1) is 13.6. The molecule has 0 aliphatic heterocycles. The second-order valence-electron chi connectivity index (χ2n) is 3.94. The zero-order valence-corrected chi connectivity index (χ0v) is 11.2. The second-order valence-corrected chi connectivity index (χ2v) is 4.35. The molecule has 0 aliphatic carbocycles. The number of hydrogen-bond acceptors (Lipinski definition) is 4. The fraction of sp³-hybridized carbons (Fsp3) is 0.214. The van der Waals surface area contributed by atoms with E-state index in [1.807, 2.05) is 12.1 Å². The van der Waals surface area contributed by atoms with Crippen LogP contribution in [-0.2, 0) is 4.74 Å². The van der Waals surface area contributed by atoms with Crippen LogP contribution < -0.4 is 10.5 Å². The van der Waals surface area contributed by atoms with Gasteiger partial charge < -0.3 is 15.2 Å². The lowest BCUT2D eigenvalue weighted by Crippen LogP contribution is -2.13. The molecule has 2 aromatic carbocycles. The summed E-state index contributed by atoms with van der Waals surface area (Å²) in [5.74, 6) is -0.0130. The molecule has 2 N–H and O–H groups in total. The number of nitrogens with two attached hydrogens (primary N) is 1. The van der Waals surface area contributed by atoms with E-state index < -0.39 is 5.97 Å². The Hall–Kier alpha value is -1.78. The minimum Gasteiger partial charge on any atom is -0.491 e. The highest BCUT2D eigenvalue weighted by Gasteiger charge is 2.15. The van der Waals surface area contributed by atoms with Gasteiger partial charge in [0.1, 0.15) is 17.9 Å². The van der Waals surface area contributed by atoms with Gasteiger partial charge in [0.25, 0.3) is 0 Å². The smallest absolute Gasteiger partial charge is 0.341 e. The molecule has 100 valence electrons. The maximum Gasteiger partial charge on any atom is 0.341 e. The molecule has 0 radical (unpaired) electrons. The van der Waals surface area contributed by atoms with Crippen molar-refractivity contribution in [1.82, 2.24) is 0 Å². The maximum absolute atomic E-state index is 11.8. The monoisotopic (exact) mass is 279 g/mol. The summed E-state index contributed by atoms with van der Waals surface area (Å²) in [6.07, 6.45) is 0. The summed E-state index contributed by atoms with van der Waals surface area (Å²) in [6, 6.07) is 8.95. The summed E-state index contributed by atoms with van der Waals surface area (Å²) in [6.45, 7) is 0.699. The number of hydrogen-bond donors (Lipinski definition) is 1. The van der Waals surface area contributed by atoms with E-state index >= 15 is 0 Å². The summed E-state index contributed by atoms with van der Waals surface area (Å²) in [5, 5.41) is 2.25. The molecule has 2 aromatic rings. The van der Waals surface area contributed by atoms with Crippen LogP contribution in [-0.4, -0.2) is 26.2 Å². The molecule has 0 atom stereocenters. The Kier molecular flexibility index (Phi) is 4.24. The van der Waals surface area contributed by atoms with Gasteiger partial charge in [-0.1, -0.05) is 23.7 Å². The molecule has 2 rings (SSSR count). The van der Waals surface area contributed by atoms with Crippen molar-refractivity contribution in [2.24, 2.45) is 5.73 Å². The van der Waals surface area contributed by atoms with Crippen molar-refractivity contribution in [2.75, 3.05) is 20.3 Å². The Morgan fingerprint density at radius 3 is 2.84 bits per heavy atom. The first-order chi connectivity index (χ1) is 9.17. The average molecular weight is 280 g/mol. The first-order valence-corrected chi connectivity index (χ1v) is 6.18. The van der Waals surface area contributed by atoms with Crippen LogP contribution >= 0.6 is 11.6 Å². The number of benzene rings is 2. The van der Waals surface area contributed by atoms with Gasteiger partial charge in [-0.2, -0.15) is 0 Å². The van der Waals surface area contributed by atoms with Crippen LogP contribution in [0.5, 0.6) is 5.75 Å². The van der Waals surface area contributed by atoms with E-state index in [4.69, 9.17) is 26.8 Å². The summed E-state index contributed by atoms with van der Waals surface area (Å²) in [4.78, 5) is 11.8. The highest BCUT2D eigenvalue weighted by molar-refractivity contribution is 6.35. The molecule has 0 heterocycles. The van der Waals surface area contributed by atoms with E-state index in [0.717, 1.165) is 10.8 Å². The van der Waals surface area contributed by atoms with Crippen molar-refractivity contribution in [2.45, 2.75) is 0 Å². The number of methoxy groups -OCH3 is 1. The minimum atomic E-state index is -0.464. The maximum atomic E-state index is 11.8. The quantitative estimate of drug-likeness (QED) is 0.874. The zero-order valence-electron chi connectivity index (χ0n) is 10.5. The van der Waals surface area contributed by atoms with E-state index in [2.05, 4.69) is 0 Å². The van der Waals surface area contributed by atoms with Gasteiger partial charge in [-0.3, -0.25) is 0 Å². The van der Waals surface area contributed by atoms with E-state index in [9.17, 15) is 4.79 Å². The van der Waals surface area contributed by atoms with Crippen LogP contribution in [0.15, 0.2) is 30.3 Å². The molecule has 0 saturated heterocycles. The predicted octanol–water partition coefficient (Wildman–Crippen LogP) is 2.62. The first-order valence-electron chi connectivity index (χ1n) is 5.81. The predicted molar refractivity (Wildman–Crippen MR) is 74.8 cm³/mol. The number of carbonyl (C=O) groups is 1. The fourth-order valence-corrected chi connectivity index (χ4v) is 2.06. The number of rotatable bonds is 4. The Morgan fingerprint density at radius 1 is 1.37 bits per heavy atom. The Balaban J connectivity index is 2.60. The van der Waals surface area contributed by atoms with Crippen molar-refractivity contribution in [3.8, 4) is 5.75 Å². The molecule has 0 amide bonds. The molecule has 0 unspecified atom stereocenters. The Morgan fingerprint density at radius 2 is 2.16 bits per heavy atom. The van der Waals surface area contributed by atoms with E-state index in [1.54, 1.807) is 18.2 Å². The molecule has 19 heavy (non-hydrogen) atoms. The summed E-state index contributed by atoms with van der Waals surface area (Å²) < 4.78 is 10.2. The standard InChI is InChI=1S/C14H14ClNO3/c1-18-14(17)11-8-10-9(3-2-4-12(10)15)7-13(11)19-6-5-16/h2-4,7-8H,5-6,16H2,1H3. The van der Waals surface area contributed by atoms with E-state index in [1.165, 1.54) is 7.11 Å². The van der Waals surface area contributed by atoms with Gasteiger partial charge >= 0.3 is 5.97 Å². The van der Waals surface area contributed by atoms with Gasteiger partial charge in [-0.25, -0.2) is 4.79 Å². The molecule has 0 fully saturated rings. The van der Waals surface area contributed by atoms with Gasteiger partial charge in [0, 0.05) is 17.0 Å². The van der Waals surface area contributed by atoms with Crippen LogP contribution in [0.3, 0.4) is 0 Å². The summed E-state index contributed by atoms with van der Waals surface area (Å²) >= 11 is 6.12. The summed E-state index contributed by atoms with van der Waals surface area (Å²) in [7, 11) is 1.33. The SMILES string of the molecule is COC(=O)c1cc2c(Cl)cccc2cc1OCCN. The fourth-order valence-electron chi connectivity index (χ4n) is 1.82. The third-order valence-corrected chi connectivity index (χ3v) is 3.04. The molecular formula is C14H14ClNO3. The minimum absolute atomic E-state index is 0.329. The van der Waals surface area contributed by atoms with Gasteiger partial charge in [0.05, 0.1) is 7.11 Å². The van der Waals surface area contributed by atoms with E-state index in [-0.39, 0.29) is 0 Å². The number of ether oxygens (including phenoxy) is 2. The van der Waals surface area contributed by atoms with Crippen LogP contribution in [0.1, 0.15) is 10.4 Å². The number of halogens is 1. The lowest BCUT2D eigenvalue weighted by molar-refractivity contribution is 0.0596. The average Bonchev–Trinajstić information content (AvgIpc) is 2.43. The van der Waals surface area contributed by atoms with Gasteiger partial charge in [0.2, 0.25) is 0 Å². The van der Waals surface area contributed by atoms with Crippen LogP contribution in [0.4, 0.5) is 0 Å². The highest BCUT2D eigenvalue weighted by Crippen LogP contribution is 2.31. The zero-order chi connectivity index (χ0) is 13.8. The number of fused-ring (bicyclic) bond motifs is 1. The molecule has 0 saturated carbocycles. The van der Waals surface area contributed by atoms with Crippen LogP contribution in [0, 0.1) is 0 Å². The van der Waals surface area contributed by atoms with Crippen LogP contribution in [0.25, 0.3) is 10.8 Å². The molecule has 4 nitrogen and oxygen atoms in total. The highest BCUT2D eigenvalue weighted by atomic mass is 35.5. The molecule has 0 spiro atoms. The third-order valence-electron chi connectivity index (χ3n) is 2.71. The van der Waals surface area contributed by atoms with Crippen molar-refractivity contribution >= 4 is 28.3 Å². The van der Waals surface area contributed by atoms with E-state index in [0.29, 0.717) is 29.5 Å². The van der Waals surface area contributed by atoms with Crippen LogP contribution in [0.2, 0.25) is 5.02 Å². The number of carbonyl (C=O) groups excluding carboxylic acids is 1. The van der Waals surface area contributed by atoms with Crippen molar-refractivity contribution < 1.29 is 14.3 Å². The number of esters is 1. The second kappa shape index (κ2) is 5.91. The van der Waals surface area contributed by atoms with Gasteiger partial charge in [-0.15, -0.1) is 0 Å². The van der Waals surface area contributed by atoms with Crippen molar-refractivity contribution in [3.63, 3.8) is 0 Å². The third kappa shape index (κ3) is 2.80.